The summed E-state index contributed by atoms with van der Waals surface area (Å²) >= 11 is 0. The van der Waals surface area contributed by atoms with Gasteiger partial charge in [0, 0.05) is 5.92 Å². The number of Topliss-reactive ketones (excluding diaryl/α,β-unsaturated/α-hetero) is 2. The maximum absolute atomic E-state index is 13.5. The Labute approximate surface area is 190 Å². The van der Waals surface area contributed by atoms with Crippen LogP contribution < -0.4 is 18.9 Å². The SMILES string of the molecule is CCOc1cccc(OCC)c1C(=O)[C](C)C(C)C(=O)c1c(OCC)cccc1OCC. The smallest absolute Gasteiger partial charge is 0.177 e. The molecule has 0 fully saturated rings. The predicted octanol–water partition coefficient (Wildman–Crippen LogP) is 5.58. The van der Waals surface area contributed by atoms with E-state index in [0.29, 0.717) is 66.5 Å². The molecule has 2 rings (SSSR count). The van der Waals surface area contributed by atoms with Crippen molar-refractivity contribution in [2.45, 2.75) is 41.5 Å². The van der Waals surface area contributed by atoms with Gasteiger partial charge in [-0.25, -0.2) is 0 Å². The average Bonchev–Trinajstić information content (AvgIpc) is 2.78. The zero-order chi connectivity index (χ0) is 23.7. The number of ketones is 2. The molecular weight excluding hydrogens is 408 g/mol. The van der Waals surface area contributed by atoms with Crippen molar-refractivity contribution in [3.8, 4) is 23.0 Å². The van der Waals surface area contributed by atoms with Gasteiger partial charge >= 0.3 is 0 Å². The largest absolute Gasteiger partial charge is 0.493 e. The first-order valence-electron chi connectivity index (χ1n) is 11.1. The summed E-state index contributed by atoms with van der Waals surface area (Å²) in [6.07, 6.45) is 0. The Morgan fingerprint density at radius 2 is 1.03 bits per heavy atom. The standard InChI is InChI=1S/C26H33O6/c1-7-29-19-13-11-14-20(30-8-2)23(19)25(27)17(5)18(6)26(28)24-21(31-9-3)15-12-16-22(24)32-10-4/h11-17H,7-10H2,1-6H3. The fraction of sp³-hybridized carbons (Fsp3) is 0.423. The van der Waals surface area contributed by atoms with Crippen LogP contribution in [0.1, 0.15) is 62.3 Å². The molecule has 0 aliphatic heterocycles. The van der Waals surface area contributed by atoms with E-state index in [1.165, 1.54) is 0 Å². The van der Waals surface area contributed by atoms with Gasteiger partial charge in [-0.15, -0.1) is 0 Å². The quantitative estimate of drug-likeness (QED) is 0.378. The van der Waals surface area contributed by atoms with Gasteiger partial charge in [-0.05, 0) is 52.0 Å². The molecule has 0 bridgehead atoms. The minimum absolute atomic E-state index is 0.241. The zero-order valence-electron chi connectivity index (χ0n) is 19.8. The second kappa shape index (κ2) is 12.1. The van der Waals surface area contributed by atoms with Crippen LogP contribution in [0.5, 0.6) is 23.0 Å². The van der Waals surface area contributed by atoms with Crippen LogP contribution in [-0.4, -0.2) is 38.0 Å². The van der Waals surface area contributed by atoms with Crippen molar-refractivity contribution in [1.82, 2.24) is 0 Å². The topological polar surface area (TPSA) is 71.1 Å². The molecule has 0 saturated carbocycles. The predicted molar refractivity (Wildman–Crippen MR) is 124 cm³/mol. The number of carbonyl (C=O) groups excluding carboxylic acids is 2. The molecule has 0 aliphatic carbocycles. The Morgan fingerprint density at radius 1 is 0.688 bits per heavy atom. The molecule has 173 valence electrons. The Balaban J connectivity index is 2.44. The van der Waals surface area contributed by atoms with Crippen molar-refractivity contribution in [3.63, 3.8) is 0 Å². The van der Waals surface area contributed by atoms with E-state index in [1.54, 1.807) is 50.2 Å². The van der Waals surface area contributed by atoms with Crippen molar-refractivity contribution in [1.29, 1.82) is 0 Å². The molecule has 0 heterocycles. The van der Waals surface area contributed by atoms with E-state index in [4.69, 9.17) is 18.9 Å². The van der Waals surface area contributed by atoms with Crippen LogP contribution in [0.25, 0.3) is 0 Å². The second-order valence-corrected chi connectivity index (χ2v) is 7.09. The maximum Gasteiger partial charge on any atom is 0.177 e. The van der Waals surface area contributed by atoms with Crippen LogP contribution in [0.4, 0.5) is 0 Å². The van der Waals surface area contributed by atoms with Crippen LogP contribution in [0.3, 0.4) is 0 Å². The average molecular weight is 442 g/mol. The van der Waals surface area contributed by atoms with Gasteiger partial charge in [0.2, 0.25) is 0 Å². The van der Waals surface area contributed by atoms with E-state index in [2.05, 4.69) is 0 Å². The van der Waals surface area contributed by atoms with Gasteiger partial charge in [-0.2, -0.15) is 0 Å². The molecule has 1 radical (unpaired) electrons. The third-order valence-corrected chi connectivity index (χ3v) is 5.05. The third-order valence-electron chi connectivity index (χ3n) is 5.05. The summed E-state index contributed by atoms with van der Waals surface area (Å²) in [6.45, 7) is 12.4. The molecule has 0 aliphatic rings. The summed E-state index contributed by atoms with van der Waals surface area (Å²) in [7, 11) is 0. The summed E-state index contributed by atoms with van der Waals surface area (Å²) in [5.74, 6) is 0.921. The molecule has 2 aromatic carbocycles. The lowest BCUT2D eigenvalue weighted by Gasteiger charge is -2.22. The van der Waals surface area contributed by atoms with Crippen molar-refractivity contribution < 1.29 is 28.5 Å². The Bertz CT molecular complexity index is 797. The molecule has 6 heteroatoms. The summed E-state index contributed by atoms with van der Waals surface area (Å²) in [6, 6.07) is 10.5. The first-order chi connectivity index (χ1) is 15.4. The molecule has 1 unspecified atom stereocenters. The lowest BCUT2D eigenvalue weighted by atomic mass is 9.82. The van der Waals surface area contributed by atoms with E-state index in [-0.39, 0.29) is 11.6 Å². The van der Waals surface area contributed by atoms with Crippen LogP contribution in [-0.2, 0) is 0 Å². The first kappa shape index (κ1) is 25.2. The Morgan fingerprint density at radius 3 is 1.38 bits per heavy atom. The van der Waals surface area contributed by atoms with Crippen molar-refractivity contribution >= 4 is 11.6 Å². The minimum Gasteiger partial charge on any atom is -0.493 e. The highest BCUT2D eigenvalue weighted by Gasteiger charge is 2.34. The van der Waals surface area contributed by atoms with Crippen molar-refractivity contribution in [2.75, 3.05) is 26.4 Å². The monoisotopic (exact) mass is 441 g/mol. The van der Waals surface area contributed by atoms with Crippen LogP contribution in [0.15, 0.2) is 36.4 Å². The van der Waals surface area contributed by atoms with E-state index in [0.717, 1.165) is 0 Å². The normalized spacial score (nSPS) is 11.7. The fourth-order valence-electron chi connectivity index (χ4n) is 3.40. The molecular formula is C26H33O6. The van der Waals surface area contributed by atoms with Crippen LogP contribution in [0.2, 0.25) is 0 Å². The maximum atomic E-state index is 13.5. The van der Waals surface area contributed by atoms with Gasteiger partial charge in [0.05, 0.1) is 32.3 Å². The van der Waals surface area contributed by atoms with E-state index >= 15 is 0 Å². The number of carbonyl (C=O) groups is 2. The van der Waals surface area contributed by atoms with Gasteiger partial charge in [-0.1, -0.05) is 26.0 Å². The first-order valence-corrected chi connectivity index (χ1v) is 11.1. The number of benzene rings is 2. The molecule has 2 aromatic rings. The summed E-state index contributed by atoms with van der Waals surface area (Å²) in [5, 5.41) is 0. The lowest BCUT2D eigenvalue weighted by molar-refractivity contribution is 0.0880. The summed E-state index contributed by atoms with van der Waals surface area (Å²) in [5.41, 5.74) is 0.676. The highest BCUT2D eigenvalue weighted by molar-refractivity contribution is 6.15. The highest BCUT2D eigenvalue weighted by atomic mass is 16.5. The van der Waals surface area contributed by atoms with Gasteiger partial charge in [0.1, 0.15) is 34.1 Å². The minimum atomic E-state index is -0.701. The highest BCUT2D eigenvalue weighted by Crippen LogP contribution is 2.37. The van der Waals surface area contributed by atoms with Gasteiger partial charge in [0.15, 0.2) is 11.6 Å². The Kier molecular flexibility index (Phi) is 9.57. The molecule has 0 saturated heterocycles. The number of ether oxygens (including phenoxy) is 4. The van der Waals surface area contributed by atoms with Crippen LogP contribution >= 0.6 is 0 Å². The molecule has 0 N–H and O–H groups in total. The summed E-state index contributed by atoms with van der Waals surface area (Å²) < 4.78 is 22.7. The van der Waals surface area contributed by atoms with Crippen LogP contribution in [0, 0.1) is 11.8 Å². The molecule has 0 amide bonds. The second-order valence-electron chi connectivity index (χ2n) is 7.09. The fourth-order valence-corrected chi connectivity index (χ4v) is 3.40. The van der Waals surface area contributed by atoms with Crippen molar-refractivity contribution in [3.05, 3.63) is 53.4 Å². The number of rotatable bonds is 13. The van der Waals surface area contributed by atoms with Crippen molar-refractivity contribution in [2.24, 2.45) is 5.92 Å². The number of hydrogen-bond donors (Lipinski definition) is 0. The summed E-state index contributed by atoms with van der Waals surface area (Å²) in [4.78, 5) is 27.1. The molecule has 1 atom stereocenters. The van der Waals surface area contributed by atoms with E-state index in [1.807, 2.05) is 27.7 Å². The van der Waals surface area contributed by atoms with Gasteiger partial charge < -0.3 is 18.9 Å². The number of hydrogen-bond acceptors (Lipinski definition) is 6. The molecule has 6 nitrogen and oxygen atoms in total. The zero-order valence-corrected chi connectivity index (χ0v) is 19.8. The van der Waals surface area contributed by atoms with Gasteiger partial charge in [0.25, 0.3) is 0 Å². The molecule has 32 heavy (non-hydrogen) atoms. The van der Waals surface area contributed by atoms with E-state index < -0.39 is 5.92 Å². The molecule has 0 aromatic heterocycles. The molecule has 0 spiro atoms. The third kappa shape index (κ3) is 5.61. The van der Waals surface area contributed by atoms with E-state index in [9.17, 15) is 9.59 Å². The van der Waals surface area contributed by atoms with Gasteiger partial charge in [-0.3, -0.25) is 9.59 Å². The Hall–Kier alpha value is -3.02. The lowest BCUT2D eigenvalue weighted by Crippen LogP contribution is -2.26.